The Bertz CT molecular complexity index is 973. The van der Waals surface area contributed by atoms with Gasteiger partial charge in [0.05, 0.1) is 0 Å². The summed E-state index contributed by atoms with van der Waals surface area (Å²) in [7, 11) is 0. The molecular weight excluding hydrogens is 407 g/mol. The Morgan fingerprint density at radius 3 is 2.56 bits per heavy atom. The number of benzene rings is 2. The summed E-state index contributed by atoms with van der Waals surface area (Å²) in [4.78, 5) is 28.7. The van der Waals surface area contributed by atoms with Crippen molar-refractivity contribution in [3.05, 3.63) is 69.7 Å². The van der Waals surface area contributed by atoms with Crippen LogP contribution in [0.3, 0.4) is 0 Å². The van der Waals surface area contributed by atoms with Crippen LogP contribution in [0.15, 0.2) is 53.9 Å². The van der Waals surface area contributed by atoms with Crippen molar-refractivity contribution in [2.75, 3.05) is 5.32 Å². The number of hydrogen-bond donors (Lipinski definition) is 1. The lowest BCUT2D eigenvalue weighted by Gasteiger charge is -2.12. The standard InChI is InChI=1S/C19H14Cl2N2O3S/c1-11(17(24)22-15-7-5-13(20)6-8-15)26-19(25)16-10-27-18(23-16)12-3-2-4-14(21)9-12/h2-11H,1H3,(H,22,24). The van der Waals surface area contributed by atoms with E-state index >= 15 is 0 Å². The van der Waals surface area contributed by atoms with E-state index in [-0.39, 0.29) is 5.69 Å². The average molecular weight is 421 g/mol. The molecule has 0 saturated heterocycles. The number of carbonyl (C=O) groups is 2. The molecule has 0 saturated carbocycles. The third-order valence-electron chi connectivity index (χ3n) is 3.55. The molecule has 27 heavy (non-hydrogen) atoms. The van der Waals surface area contributed by atoms with E-state index in [4.69, 9.17) is 27.9 Å². The molecule has 1 atom stereocenters. The third kappa shape index (κ3) is 5.07. The van der Waals surface area contributed by atoms with Gasteiger partial charge in [0.2, 0.25) is 0 Å². The number of carbonyl (C=O) groups excluding carboxylic acids is 2. The molecule has 138 valence electrons. The first-order valence-corrected chi connectivity index (χ1v) is 9.55. The van der Waals surface area contributed by atoms with E-state index in [0.717, 1.165) is 5.56 Å². The number of halogens is 2. The molecule has 1 aromatic heterocycles. The second kappa shape index (κ2) is 8.52. The lowest BCUT2D eigenvalue weighted by molar-refractivity contribution is -0.123. The molecule has 1 heterocycles. The van der Waals surface area contributed by atoms with Crippen molar-refractivity contribution in [3.8, 4) is 10.6 Å². The van der Waals surface area contributed by atoms with Gasteiger partial charge in [0.1, 0.15) is 5.01 Å². The maximum absolute atomic E-state index is 12.3. The molecule has 8 heteroatoms. The topological polar surface area (TPSA) is 68.3 Å². The van der Waals surface area contributed by atoms with E-state index in [0.29, 0.717) is 20.7 Å². The van der Waals surface area contributed by atoms with Gasteiger partial charge in [0.15, 0.2) is 11.8 Å². The number of anilines is 1. The fourth-order valence-electron chi connectivity index (χ4n) is 2.17. The van der Waals surface area contributed by atoms with E-state index in [9.17, 15) is 9.59 Å². The lowest BCUT2D eigenvalue weighted by Crippen LogP contribution is -2.30. The maximum Gasteiger partial charge on any atom is 0.358 e. The second-order valence-corrected chi connectivity index (χ2v) is 7.32. The SMILES string of the molecule is CC(OC(=O)c1csc(-c2cccc(Cl)c2)n1)C(=O)Nc1ccc(Cl)cc1. The Morgan fingerprint density at radius 1 is 1.11 bits per heavy atom. The van der Waals surface area contributed by atoms with Crippen molar-refractivity contribution in [3.63, 3.8) is 0 Å². The van der Waals surface area contributed by atoms with Crippen LogP contribution in [0, 0.1) is 0 Å². The number of hydrogen-bond acceptors (Lipinski definition) is 5. The minimum atomic E-state index is -0.982. The summed E-state index contributed by atoms with van der Waals surface area (Å²) in [6.45, 7) is 1.49. The molecule has 0 aliphatic carbocycles. The molecule has 0 bridgehead atoms. The van der Waals surface area contributed by atoms with Crippen LogP contribution in [0.2, 0.25) is 10.0 Å². The Balaban J connectivity index is 1.62. The van der Waals surface area contributed by atoms with Crippen molar-refractivity contribution in [1.29, 1.82) is 0 Å². The Labute approximate surface area is 169 Å². The van der Waals surface area contributed by atoms with Gasteiger partial charge in [-0.1, -0.05) is 35.3 Å². The molecule has 0 aliphatic heterocycles. The Hall–Kier alpha value is -2.41. The van der Waals surface area contributed by atoms with Crippen LogP contribution in [0.25, 0.3) is 10.6 Å². The summed E-state index contributed by atoms with van der Waals surface area (Å²) < 4.78 is 5.21. The highest BCUT2D eigenvalue weighted by Crippen LogP contribution is 2.26. The molecule has 0 fully saturated rings. The second-order valence-electron chi connectivity index (χ2n) is 5.59. The number of esters is 1. The number of amides is 1. The van der Waals surface area contributed by atoms with E-state index in [1.807, 2.05) is 6.07 Å². The smallest absolute Gasteiger partial charge is 0.358 e. The van der Waals surface area contributed by atoms with Gasteiger partial charge in [-0.15, -0.1) is 11.3 Å². The van der Waals surface area contributed by atoms with Crippen LogP contribution in [0.1, 0.15) is 17.4 Å². The highest BCUT2D eigenvalue weighted by Gasteiger charge is 2.21. The Kier molecular flexibility index (Phi) is 6.11. The highest BCUT2D eigenvalue weighted by atomic mass is 35.5. The number of nitrogens with zero attached hydrogens (tertiary/aromatic N) is 1. The predicted octanol–water partition coefficient (Wildman–Crippen LogP) is 5.30. The van der Waals surface area contributed by atoms with E-state index < -0.39 is 18.0 Å². The van der Waals surface area contributed by atoms with Crippen molar-refractivity contribution in [1.82, 2.24) is 4.98 Å². The largest absolute Gasteiger partial charge is 0.448 e. The zero-order chi connectivity index (χ0) is 19.4. The summed E-state index contributed by atoms with van der Waals surface area (Å²) in [5, 5.41) is 6.03. The summed E-state index contributed by atoms with van der Waals surface area (Å²) in [5.74, 6) is -1.12. The third-order valence-corrected chi connectivity index (χ3v) is 4.93. The highest BCUT2D eigenvalue weighted by molar-refractivity contribution is 7.13. The summed E-state index contributed by atoms with van der Waals surface area (Å²) >= 11 is 13.1. The van der Waals surface area contributed by atoms with E-state index in [1.54, 1.807) is 47.8 Å². The van der Waals surface area contributed by atoms with Gasteiger partial charge in [-0.05, 0) is 43.3 Å². The zero-order valence-corrected chi connectivity index (χ0v) is 16.4. The first-order chi connectivity index (χ1) is 12.9. The fraction of sp³-hybridized carbons (Fsp3) is 0.105. The first kappa shape index (κ1) is 19.4. The molecule has 0 spiro atoms. The number of aromatic nitrogens is 1. The van der Waals surface area contributed by atoms with Gasteiger partial charge in [0.25, 0.3) is 5.91 Å². The van der Waals surface area contributed by atoms with Crippen LogP contribution >= 0.6 is 34.5 Å². The summed E-state index contributed by atoms with van der Waals surface area (Å²) in [6.07, 6.45) is -0.982. The predicted molar refractivity (Wildman–Crippen MR) is 108 cm³/mol. The van der Waals surface area contributed by atoms with Crippen LogP contribution in [0.5, 0.6) is 0 Å². The van der Waals surface area contributed by atoms with Gasteiger partial charge in [-0.25, -0.2) is 9.78 Å². The van der Waals surface area contributed by atoms with E-state index in [1.165, 1.54) is 18.3 Å². The number of ether oxygens (including phenoxy) is 1. The lowest BCUT2D eigenvalue weighted by atomic mass is 10.2. The van der Waals surface area contributed by atoms with Crippen molar-refractivity contribution < 1.29 is 14.3 Å². The summed E-state index contributed by atoms with van der Waals surface area (Å²) in [6, 6.07) is 13.8. The minimum absolute atomic E-state index is 0.140. The molecular formula is C19H14Cl2N2O3S. The first-order valence-electron chi connectivity index (χ1n) is 7.91. The molecule has 5 nitrogen and oxygen atoms in total. The molecule has 1 unspecified atom stereocenters. The zero-order valence-electron chi connectivity index (χ0n) is 14.1. The molecule has 3 aromatic rings. The van der Waals surface area contributed by atoms with Crippen molar-refractivity contribution in [2.45, 2.75) is 13.0 Å². The maximum atomic E-state index is 12.3. The van der Waals surface area contributed by atoms with Crippen LogP contribution in [-0.4, -0.2) is 23.0 Å². The number of nitrogens with one attached hydrogen (secondary N) is 1. The number of rotatable bonds is 5. The van der Waals surface area contributed by atoms with Crippen molar-refractivity contribution >= 4 is 52.1 Å². The average Bonchev–Trinajstić information content (AvgIpc) is 3.14. The quantitative estimate of drug-likeness (QED) is 0.568. The molecule has 0 aliphatic rings. The normalized spacial score (nSPS) is 11.7. The molecule has 0 radical (unpaired) electrons. The monoisotopic (exact) mass is 420 g/mol. The molecule has 1 amide bonds. The van der Waals surface area contributed by atoms with Crippen LogP contribution < -0.4 is 5.32 Å². The van der Waals surface area contributed by atoms with Crippen molar-refractivity contribution in [2.24, 2.45) is 0 Å². The minimum Gasteiger partial charge on any atom is -0.448 e. The molecule has 1 N–H and O–H groups in total. The van der Waals surface area contributed by atoms with Gasteiger partial charge in [0, 0.05) is 26.7 Å². The van der Waals surface area contributed by atoms with Gasteiger partial charge in [-0.3, -0.25) is 4.79 Å². The van der Waals surface area contributed by atoms with Gasteiger partial charge >= 0.3 is 5.97 Å². The van der Waals surface area contributed by atoms with Gasteiger partial charge in [-0.2, -0.15) is 0 Å². The molecule has 3 rings (SSSR count). The number of thiazole rings is 1. The molecule has 2 aromatic carbocycles. The fourth-order valence-corrected chi connectivity index (χ4v) is 3.28. The van der Waals surface area contributed by atoms with Crippen LogP contribution in [-0.2, 0) is 9.53 Å². The van der Waals surface area contributed by atoms with E-state index in [2.05, 4.69) is 10.3 Å². The Morgan fingerprint density at radius 2 is 1.85 bits per heavy atom. The van der Waals surface area contributed by atoms with Gasteiger partial charge < -0.3 is 10.1 Å². The summed E-state index contributed by atoms with van der Waals surface area (Å²) in [5.41, 5.74) is 1.50. The van der Waals surface area contributed by atoms with Crippen LogP contribution in [0.4, 0.5) is 5.69 Å².